The quantitative estimate of drug-likeness (QED) is 0.591. The molecular formula is C19H16Cl2N2O3S. The highest BCUT2D eigenvalue weighted by Gasteiger charge is 2.20. The smallest absolute Gasteiger partial charge is 0.291 e. The number of nitrogens with zero attached hydrogens (tertiary/aromatic N) is 1. The van der Waals surface area contributed by atoms with Crippen LogP contribution >= 0.6 is 34.5 Å². The minimum Gasteiger partial charge on any atom is -0.459 e. The highest BCUT2D eigenvalue weighted by atomic mass is 35.5. The number of anilines is 1. The fourth-order valence-corrected chi connectivity index (χ4v) is 4.02. The van der Waals surface area contributed by atoms with Crippen molar-refractivity contribution in [1.82, 2.24) is 4.90 Å². The van der Waals surface area contributed by atoms with E-state index in [0.717, 1.165) is 11.1 Å². The highest BCUT2D eigenvalue weighted by molar-refractivity contribution is 7.18. The van der Waals surface area contributed by atoms with Gasteiger partial charge in [0.2, 0.25) is 0 Å². The number of thiophene rings is 1. The number of benzene rings is 1. The molecular weight excluding hydrogens is 407 g/mol. The van der Waals surface area contributed by atoms with Gasteiger partial charge in [-0.25, -0.2) is 0 Å². The second-order valence-corrected chi connectivity index (χ2v) is 7.85. The first-order valence-electron chi connectivity index (χ1n) is 8.00. The van der Waals surface area contributed by atoms with Crippen LogP contribution in [-0.2, 0) is 6.54 Å². The summed E-state index contributed by atoms with van der Waals surface area (Å²) < 4.78 is 5.07. The maximum atomic E-state index is 12.8. The van der Waals surface area contributed by atoms with Gasteiger partial charge in [-0.15, -0.1) is 11.3 Å². The number of hydrogen-bond donors (Lipinski definition) is 1. The Kier molecular flexibility index (Phi) is 5.89. The van der Waals surface area contributed by atoms with Crippen LogP contribution in [0.4, 0.5) is 5.00 Å². The Morgan fingerprint density at radius 2 is 2.00 bits per heavy atom. The normalized spacial score (nSPS) is 10.7. The lowest BCUT2D eigenvalue weighted by Crippen LogP contribution is -2.26. The van der Waals surface area contributed by atoms with E-state index in [2.05, 4.69) is 5.32 Å². The molecule has 8 heteroatoms. The SMILES string of the molecule is Cc1cc(NC(=O)c2ccco2)sc1C(=O)N(C)Cc1ccc(Cl)cc1Cl. The van der Waals surface area contributed by atoms with Crippen LogP contribution in [-0.4, -0.2) is 23.8 Å². The minimum atomic E-state index is -0.360. The molecule has 0 spiro atoms. The zero-order valence-corrected chi connectivity index (χ0v) is 16.9. The molecule has 0 saturated heterocycles. The third-order valence-electron chi connectivity index (χ3n) is 3.86. The van der Waals surface area contributed by atoms with Gasteiger partial charge >= 0.3 is 0 Å². The lowest BCUT2D eigenvalue weighted by atomic mass is 10.2. The van der Waals surface area contributed by atoms with Crippen molar-refractivity contribution in [2.24, 2.45) is 0 Å². The number of rotatable bonds is 5. The van der Waals surface area contributed by atoms with Gasteiger partial charge in [0, 0.05) is 23.6 Å². The van der Waals surface area contributed by atoms with Gasteiger partial charge in [-0.2, -0.15) is 0 Å². The van der Waals surface area contributed by atoms with Crippen LogP contribution < -0.4 is 5.32 Å². The monoisotopic (exact) mass is 422 g/mol. The van der Waals surface area contributed by atoms with E-state index in [0.29, 0.717) is 26.5 Å². The summed E-state index contributed by atoms with van der Waals surface area (Å²) in [5, 5.41) is 4.38. The summed E-state index contributed by atoms with van der Waals surface area (Å²) in [6.45, 7) is 2.18. The maximum Gasteiger partial charge on any atom is 0.291 e. The Labute approximate surface area is 170 Å². The number of nitrogens with one attached hydrogen (secondary N) is 1. The largest absolute Gasteiger partial charge is 0.459 e. The van der Waals surface area contributed by atoms with Crippen LogP contribution in [0.15, 0.2) is 47.1 Å². The molecule has 0 saturated carbocycles. The molecule has 2 heterocycles. The molecule has 0 fully saturated rings. The molecule has 1 aromatic carbocycles. The van der Waals surface area contributed by atoms with Gasteiger partial charge in [0.1, 0.15) is 0 Å². The highest BCUT2D eigenvalue weighted by Crippen LogP contribution is 2.29. The topological polar surface area (TPSA) is 62.6 Å². The second-order valence-electron chi connectivity index (χ2n) is 5.95. The molecule has 1 N–H and O–H groups in total. The molecule has 0 aliphatic heterocycles. The van der Waals surface area contributed by atoms with Crippen molar-refractivity contribution < 1.29 is 14.0 Å². The molecule has 3 rings (SSSR count). The Bertz CT molecular complexity index is 983. The molecule has 2 aromatic heterocycles. The number of aryl methyl sites for hydroxylation is 1. The van der Waals surface area contributed by atoms with Crippen molar-refractivity contribution in [2.75, 3.05) is 12.4 Å². The second kappa shape index (κ2) is 8.17. The average Bonchev–Trinajstić information content (AvgIpc) is 3.26. The predicted octanol–water partition coefficient (Wildman–Crippen LogP) is 5.48. The molecule has 0 radical (unpaired) electrons. The molecule has 3 aromatic rings. The Hall–Kier alpha value is -2.28. The van der Waals surface area contributed by atoms with E-state index >= 15 is 0 Å². The Morgan fingerprint density at radius 1 is 1.22 bits per heavy atom. The van der Waals surface area contributed by atoms with Crippen LogP contribution in [0.3, 0.4) is 0 Å². The summed E-state index contributed by atoms with van der Waals surface area (Å²) in [6, 6.07) is 10.2. The molecule has 2 amide bonds. The van der Waals surface area contributed by atoms with Crippen molar-refractivity contribution in [1.29, 1.82) is 0 Å². The van der Waals surface area contributed by atoms with Crippen LogP contribution in [0.5, 0.6) is 0 Å². The lowest BCUT2D eigenvalue weighted by Gasteiger charge is -2.18. The van der Waals surface area contributed by atoms with Gasteiger partial charge in [0.15, 0.2) is 5.76 Å². The third-order valence-corrected chi connectivity index (χ3v) is 5.59. The number of carbonyl (C=O) groups is 2. The van der Waals surface area contributed by atoms with E-state index in [4.69, 9.17) is 27.6 Å². The molecule has 0 bridgehead atoms. The Balaban J connectivity index is 1.72. The molecule has 140 valence electrons. The molecule has 27 heavy (non-hydrogen) atoms. The summed E-state index contributed by atoms with van der Waals surface area (Å²) in [4.78, 5) is 27.0. The van der Waals surface area contributed by atoms with E-state index < -0.39 is 0 Å². The summed E-state index contributed by atoms with van der Waals surface area (Å²) in [5.41, 5.74) is 1.59. The van der Waals surface area contributed by atoms with Gasteiger partial charge in [0.25, 0.3) is 11.8 Å². The molecule has 0 aliphatic rings. The van der Waals surface area contributed by atoms with Crippen LogP contribution in [0.25, 0.3) is 0 Å². The average molecular weight is 423 g/mol. The first-order chi connectivity index (χ1) is 12.8. The van der Waals surface area contributed by atoms with Crippen molar-refractivity contribution in [3.05, 3.63) is 74.5 Å². The summed E-state index contributed by atoms with van der Waals surface area (Å²) in [7, 11) is 1.70. The van der Waals surface area contributed by atoms with Crippen molar-refractivity contribution in [3.8, 4) is 0 Å². The first kappa shape index (κ1) is 19.5. The maximum absolute atomic E-state index is 12.8. The van der Waals surface area contributed by atoms with E-state index in [1.807, 2.05) is 6.92 Å². The lowest BCUT2D eigenvalue weighted by molar-refractivity contribution is 0.0789. The third kappa shape index (κ3) is 4.53. The fraction of sp³-hybridized carbons (Fsp3) is 0.158. The van der Waals surface area contributed by atoms with Crippen LogP contribution in [0.2, 0.25) is 10.0 Å². The van der Waals surface area contributed by atoms with E-state index in [9.17, 15) is 9.59 Å². The fourth-order valence-electron chi connectivity index (χ4n) is 2.49. The summed E-state index contributed by atoms with van der Waals surface area (Å²) >= 11 is 13.3. The Morgan fingerprint density at radius 3 is 2.67 bits per heavy atom. The number of carbonyl (C=O) groups excluding carboxylic acids is 2. The standard InChI is InChI=1S/C19H16Cl2N2O3S/c1-11-8-16(22-18(24)15-4-3-7-26-15)27-17(11)19(25)23(2)10-12-5-6-13(20)9-14(12)21/h3-9H,10H2,1-2H3,(H,22,24). The van der Waals surface area contributed by atoms with Crippen molar-refractivity contribution in [2.45, 2.75) is 13.5 Å². The summed E-state index contributed by atoms with van der Waals surface area (Å²) in [5.74, 6) is -0.299. The van der Waals surface area contributed by atoms with Gasteiger partial charge in [-0.3, -0.25) is 9.59 Å². The van der Waals surface area contributed by atoms with Gasteiger partial charge < -0.3 is 14.6 Å². The van der Waals surface area contributed by atoms with E-state index in [-0.39, 0.29) is 17.6 Å². The number of furan rings is 1. The van der Waals surface area contributed by atoms with Crippen molar-refractivity contribution >= 4 is 51.4 Å². The number of halogens is 2. The van der Waals surface area contributed by atoms with Crippen LogP contribution in [0, 0.1) is 6.92 Å². The van der Waals surface area contributed by atoms with Crippen molar-refractivity contribution in [3.63, 3.8) is 0 Å². The molecule has 0 atom stereocenters. The predicted molar refractivity (Wildman–Crippen MR) is 108 cm³/mol. The minimum absolute atomic E-state index is 0.151. The first-order valence-corrected chi connectivity index (χ1v) is 9.57. The van der Waals surface area contributed by atoms with E-state index in [1.54, 1.807) is 48.3 Å². The molecule has 5 nitrogen and oxygen atoms in total. The van der Waals surface area contributed by atoms with Crippen LogP contribution in [0.1, 0.15) is 31.4 Å². The number of hydrogen-bond acceptors (Lipinski definition) is 4. The molecule has 0 aliphatic carbocycles. The number of amides is 2. The van der Waals surface area contributed by atoms with Gasteiger partial charge in [-0.1, -0.05) is 29.3 Å². The zero-order valence-electron chi connectivity index (χ0n) is 14.6. The van der Waals surface area contributed by atoms with Gasteiger partial charge in [-0.05, 0) is 48.4 Å². The van der Waals surface area contributed by atoms with E-state index in [1.165, 1.54) is 17.6 Å². The zero-order chi connectivity index (χ0) is 19.6. The summed E-state index contributed by atoms with van der Waals surface area (Å²) in [6.07, 6.45) is 1.43. The van der Waals surface area contributed by atoms with Gasteiger partial charge in [0.05, 0.1) is 16.1 Å². The molecule has 0 unspecified atom stereocenters.